The number of rotatable bonds is 3. The van der Waals surface area contributed by atoms with Crippen molar-refractivity contribution in [2.45, 2.75) is 31.9 Å². The Morgan fingerprint density at radius 3 is 3.10 bits per heavy atom. The van der Waals surface area contributed by atoms with Crippen LogP contribution in [-0.2, 0) is 17.8 Å². The second kappa shape index (κ2) is 5.77. The number of carbonyl (C=O) groups excluding carboxylic acids is 1. The number of nitrogens with one attached hydrogen (secondary N) is 2. The molecule has 0 saturated heterocycles. The van der Waals surface area contributed by atoms with Gasteiger partial charge in [0.05, 0.1) is 12.2 Å². The van der Waals surface area contributed by atoms with Crippen LogP contribution in [0.25, 0.3) is 0 Å². The summed E-state index contributed by atoms with van der Waals surface area (Å²) in [6.07, 6.45) is 4.36. The van der Waals surface area contributed by atoms with Crippen molar-refractivity contribution < 1.29 is 9.53 Å². The van der Waals surface area contributed by atoms with Crippen LogP contribution in [-0.4, -0.2) is 16.3 Å². The molecule has 1 aromatic carbocycles. The molecule has 0 spiro atoms. The standard InChI is InChI=1S/C15H17N3O2/c19-15(20-10-11-5-2-1-3-6-11)17-13-7-4-8-14-12(13)9-16-18-14/h1-3,5-6,9,13H,4,7-8,10H2,(H,16,18)(H,17,19)/t13-/m1/s1. The topological polar surface area (TPSA) is 67.0 Å². The molecule has 1 aliphatic carbocycles. The van der Waals surface area contributed by atoms with Crippen molar-refractivity contribution in [3.05, 3.63) is 53.3 Å². The molecule has 1 heterocycles. The zero-order chi connectivity index (χ0) is 13.8. The van der Waals surface area contributed by atoms with E-state index in [1.54, 1.807) is 6.20 Å². The van der Waals surface area contributed by atoms with Crippen molar-refractivity contribution in [3.63, 3.8) is 0 Å². The van der Waals surface area contributed by atoms with Gasteiger partial charge in [-0.15, -0.1) is 0 Å². The second-order valence-electron chi connectivity index (χ2n) is 4.95. The fraction of sp³-hybridized carbons (Fsp3) is 0.333. The van der Waals surface area contributed by atoms with E-state index in [0.717, 1.165) is 36.1 Å². The number of aromatic amines is 1. The lowest BCUT2D eigenvalue weighted by molar-refractivity contribution is 0.134. The monoisotopic (exact) mass is 271 g/mol. The number of carbonyl (C=O) groups is 1. The predicted molar refractivity (Wildman–Crippen MR) is 74.0 cm³/mol. The molecule has 0 unspecified atom stereocenters. The maximum atomic E-state index is 11.9. The third kappa shape index (κ3) is 2.82. The van der Waals surface area contributed by atoms with Gasteiger partial charge in [0, 0.05) is 11.3 Å². The number of amides is 1. The Morgan fingerprint density at radius 2 is 2.25 bits per heavy atom. The van der Waals surface area contributed by atoms with Crippen molar-refractivity contribution in [3.8, 4) is 0 Å². The van der Waals surface area contributed by atoms with Gasteiger partial charge in [-0.1, -0.05) is 30.3 Å². The molecule has 2 aromatic rings. The van der Waals surface area contributed by atoms with E-state index >= 15 is 0 Å². The first-order chi connectivity index (χ1) is 9.83. The van der Waals surface area contributed by atoms with E-state index in [1.807, 2.05) is 30.3 Å². The summed E-state index contributed by atoms with van der Waals surface area (Å²) in [6, 6.07) is 9.65. The quantitative estimate of drug-likeness (QED) is 0.902. The molecule has 0 radical (unpaired) electrons. The second-order valence-corrected chi connectivity index (χ2v) is 4.95. The van der Waals surface area contributed by atoms with Gasteiger partial charge in [0.15, 0.2) is 0 Å². The first kappa shape index (κ1) is 12.7. The largest absolute Gasteiger partial charge is 0.445 e. The average molecular weight is 271 g/mol. The number of alkyl carbamates (subject to hydrolysis) is 1. The van der Waals surface area contributed by atoms with Crippen molar-refractivity contribution in [2.75, 3.05) is 0 Å². The van der Waals surface area contributed by atoms with Crippen LogP contribution < -0.4 is 5.32 Å². The van der Waals surface area contributed by atoms with Gasteiger partial charge in [0.1, 0.15) is 6.61 Å². The third-order valence-electron chi connectivity index (χ3n) is 3.55. The highest BCUT2D eigenvalue weighted by Crippen LogP contribution is 2.27. The molecular weight excluding hydrogens is 254 g/mol. The van der Waals surface area contributed by atoms with Crippen LogP contribution in [0.3, 0.4) is 0 Å². The molecule has 3 rings (SSSR count). The lowest BCUT2D eigenvalue weighted by Crippen LogP contribution is -2.31. The Hall–Kier alpha value is -2.30. The highest BCUT2D eigenvalue weighted by atomic mass is 16.5. The van der Waals surface area contributed by atoms with Gasteiger partial charge in [-0.3, -0.25) is 5.10 Å². The van der Waals surface area contributed by atoms with Crippen LogP contribution in [0.5, 0.6) is 0 Å². The fourth-order valence-corrected chi connectivity index (χ4v) is 2.52. The first-order valence-corrected chi connectivity index (χ1v) is 6.82. The van der Waals surface area contributed by atoms with Gasteiger partial charge in [-0.2, -0.15) is 5.10 Å². The summed E-state index contributed by atoms with van der Waals surface area (Å²) < 4.78 is 5.24. The minimum Gasteiger partial charge on any atom is -0.445 e. The van der Waals surface area contributed by atoms with Gasteiger partial charge in [-0.05, 0) is 24.8 Å². The number of aryl methyl sites for hydroxylation is 1. The molecular formula is C15H17N3O2. The number of hydrogen-bond acceptors (Lipinski definition) is 3. The van der Waals surface area contributed by atoms with Crippen LogP contribution in [0, 0.1) is 0 Å². The zero-order valence-electron chi connectivity index (χ0n) is 11.1. The molecule has 1 aromatic heterocycles. The van der Waals surface area contributed by atoms with Gasteiger partial charge in [-0.25, -0.2) is 4.79 Å². The van der Waals surface area contributed by atoms with E-state index in [-0.39, 0.29) is 18.7 Å². The third-order valence-corrected chi connectivity index (χ3v) is 3.55. The summed E-state index contributed by atoms with van der Waals surface area (Å²) in [5, 5.41) is 9.92. The number of nitrogens with zero attached hydrogens (tertiary/aromatic N) is 1. The summed E-state index contributed by atoms with van der Waals surface area (Å²) in [7, 11) is 0. The number of ether oxygens (including phenoxy) is 1. The highest BCUT2D eigenvalue weighted by molar-refractivity contribution is 5.68. The van der Waals surface area contributed by atoms with Crippen LogP contribution in [0.2, 0.25) is 0 Å². The summed E-state index contributed by atoms with van der Waals surface area (Å²) >= 11 is 0. The Bertz CT molecular complexity index is 580. The maximum absolute atomic E-state index is 11.9. The number of hydrogen-bond donors (Lipinski definition) is 2. The Labute approximate surface area is 117 Å². The smallest absolute Gasteiger partial charge is 0.407 e. The highest BCUT2D eigenvalue weighted by Gasteiger charge is 2.23. The van der Waals surface area contributed by atoms with Crippen LogP contribution >= 0.6 is 0 Å². The van der Waals surface area contributed by atoms with E-state index in [2.05, 4.69) is 15.5 Å². The number of H-pyrrole nitrogens is 1. The Kier molecular flexibility index (Phi) is 3.67. The molecule has 0 aliphatic heterocycles. The van der Waals surface area contributed by atoms with E-state index in [1.165, 1.54) is 0 Å². The average Bonchev–Trinajstić information content (AvgIpc) is 2.96. The van der Waals surface area contributed by atoms with Gasteiger partial charge in [0.25, 0.3) is 0 Å². The summed E-state index contributed by atoms with van der Waals surface area (Å²) in [4.78, 5) is 11.9. The molecule has 2 N–H and O–H groups in total. The van der Waals surface area contributed by atoms with E-state index < -0.39 is 0 Å². The van der Waals surface area contributed by atoms with Crippen LogP contribution in [0.1, 0.15) is 35.7 Å². The number of fused-ring (bicyclic) bond motifs is 1. The molecule has 0 fully saturated rings. The van der Waals surface area contributed by atoms with Crippen LogP contribution in [0.15, 0.2) is 36.5 Å². The fourth-order valence-electron chi connectivity index (χ4n) is 2.52. The summed E-state index contributed by atoms with van der Waals surface area (Å²) in [5.41, 5.74) is 3.17. The molecule has 1 amide bonds. The van der Waals surface area contributed by atoms with Gasteiger partial charge in [0.2, 0.25) is 0 Å². The van der Waals surface area contributed by atoms with Gasteiger partial charge < -0.3 is 10.1 Å². The number of aromatic nitrogens is 2. The minimum absolute atomic E-state index is 0.000716. The normalized spacial score (nSPS) is 17.3. The van der Waals surface area contributed by atoms with Crippen molar-refractivity contribution >= 4 is 6.09 Å². The molecule has 1 atom stereocenters. The minimum atomic E-state index is -0.382. The lowest BCUT2D eigenvalue weighted by atomic mass is 9.93. The molecule has 20 heavy (non-hydrogen) atoms. The van der Waals surface area contributed by atoms with Crippen molar-refractivity contribution in [1.82, 2.24) is 15.5 Å². The maximum Gasteiger partial charge on any atom is 0.407 e. The van der Waals surface area contributed by atoms with Crippen molar-refractivity contribution in [2.24, 2.45) is 0 Å². The first-order valence-electron chi connectivity index (χ1n) is 6.82. The molecule has 104 valence electrons. The van der Waals surface area contributed by atoms with Crippen molar-refractivity contribution in [1.29, 1.82) is 0 Å². The molecule has 1 aliphatic rings. The van der Waals surface area contributed by atoms with E-state index in [9.17, 15) is 4.79 Å². The molecule has 5 heteroatoms. The van der Waals surface area contributed by atoms with Gasteiger partial charge >= 0.3 is 6.09 Å². The summed E-state index contributed by atoms with van der Waals surface area (Å²) in [5.74, 6) is 0. The van der Waals surface area contributed by atoms with E-state index in [0.29, 0.717) is 0 Å². The molecule has 5 nitrogen and oxygen atoms in total. The Morgan fingerprint density at radius 1 is 1.40 bits per heavy atom. The van der Waals surface area contributed by atoms with E-state index in [4.69, 9.17) is 4.74 Å². The predicted octanol–water partition coefficient (Wildman–Crippen LogP) is 2.71. The van der Waals surface area contributed by atoms with Crippen LogP contribution in [0.4, 0.5) is 4.79 Å². The summed E-state index contributed by atoms with van der Waals surface area (Å²) in [6.45, 7) is 0.289. The zero-order valence-corrected chi connectivity index (χ0v) is 11.1. The molecule has 0 bridgehead atoms. The Balaban J connectivity index is 1.55. The SMILES string of the molecule is O=C(N[C@@H]1CCCc2[nH]ncc21)OCc1ccccc1. The number of benzene rings is 1. The lowest BCUT2D eigenvalue weighted by Gasteiger charge is -2.22. The molecule has 0 saturated carbocycles.